The van der Waals surface area contributed by atoms with Crippen molar-refractivity contribution in [2.45, 2.75) is 52.0 Å². The van der Waals surface area contributed by atoms with Crippen molar-refractivity contribution in [3.8, 4) is 0 Å². The molecule has 5 nitrogen and oxygen atoms in total. The topological polar surface area (TPSA) is 87.7 Å². The van der Waals surface area contributed by atoms with Crippen molar-refractivity contribution in [2.24, 2.45) is 22.7 Å². The summed E-state index contributed by atoms with van der Waals surface area (Å²) in [6, 6.07) is 0.246. The van der Waals surface area contributed by atoms with Crippen LogP contribution in [0.5, 0.6) is 0 Å². The Bertz CT molecular complexity index is 291. The van der Waals surface area contributed by atoms with Gasteiger partial charge in [-0.25, -0.2) is 0 Å². The van der Waals surface area contributed by atoms with Crippen LogP contribution in [0.4, 0.5) is 0 Å². The highest BCUT2D eigenvalue weighted by atomic mass is 16.4. The zero-order valence-corrected chi connectivity index (χ0v) is 10.6. The van der Waals surface area contributed by atoms with Crippen molar-refractivity contribution < 1.29 is 10.0 Å². The van der Waals surface area contributed by atoms with E-state index in [4.69, 9.17) is 10.9 Å². The van der Waals surface area contributed by atoms with Crippen LogP contribution in [0.2, 0.25) is 0 Å². The maximum atomic E-state index is 11.9. The van der Waals surface area contributed by atoms with Gasteiger partial charge >= 0.3 is 0 Å². The van der Waals surface area contributed by atoms with Crippen LogP contribution in [0.1, 0.15) is 46.0 Å². The quantitative estimate of drug-likeness (QED) is 0.301. The van der Waals surface area contributed by atoms with Gasteiger partial charge in [0.05, 0.1) is 5.92 Å². The molecule has 0 aromatic carbocycles. The molecule has 0 aliphatic heterocycles. The minimum absolute atomic E-state index is 0.0358. The van der Waals surface area contributed by atoms with Gasteiger partial charge in [0.15, 0.2) is 5.84 Å². The van der Waals surface area contributed by atoms with Crippen molar-refractivity contribution in [3.63, 3.8) is 0 Å². The van der Waals surface area contributed by atoms with Crippen LogP contribution in [0.3, 0.4) is 0 Å². The second kappa shape index (κ2) is 6.47. The molecule has 0 aromatic heterocycles. The second-order valence-electron chi connectivity index (χ2n) is 4.81. The van der Waals surface area contributed by atoms with Crippen LogP contribution in [-0.2, 0) is 4.79 Å². The Kier molecular flexibility index (Phi) is 5.25. The summed E-state index contributed by atoms with van der Waals surface area (Å²) in [6.45, 7) is 3.80. The summed E-state index contributed by atoms with van der Waals surface area (Å²) in [7, 11) is 0. The smallest absolute Gasteiger partial charge is 0.230 e. The summed E-state index contributed by atoms with van der Waals surface area (Å²) in [4.78, 5) is 11.9. The minimum atomic E-state index is -0.570. The Labute approximate surface area is 102 Å². The van der Waals surface area contributed by atoms with Crippen LogP contribution < -0.4 is 11.1 Å². The third-order valence-corrected chi connectivity index (χ3v) is 3.71. The number of hydrogen-bond acceptors (Lipinski definition) is 3. The Morgan fingerprint density at radius 2 is 2.18 bits per heavy atom. The fourth-order valence-electron chi connectivity index (χ4n) is 2.41. The molecule has 0 heterocycles. The average Bonchev–Trinajstić information content (AvgIpc) is 2.37. The molecule has 1 aliphatic carbocycles. The van der Waals surface area contributed by atoms with Gasteiger partial charge in [-0.3, -0.25) is 4.79 Å². The molecule has 0 spiro atoms. The monoisotopic (exact) mass is 241 g/mol. The third kappa shape index (κ3) is 3.61. The van der Waals surface area contributed by atoms with Crippen molar-refractivity contribution in [2.75, 3.05) is 0 Å². The fourth-order valence-corrected chi connectivity index (χ4v) is 2.41. The molecule has 1 aliphatic rings. The molecular formula is C12H23N3O2. The first-order valence-corrected chi connectivity index (χ1v) is 6.37. The van der Waals surface area contributed by atoms with E-state index in [2.05, 4.69) is 17.4 Å². The summed E-state index contributed by atoms with van der Waals surface area (Å²) in [5.74, 6) is -0.191. The molecule has 0 bridgehead atoms. The number of oxime groups is 1. The Morgan fingerprint density at radius 3 is 2.76 bits per heavy atom. The first-order valence-electron chi connectivity index (χ1n) is 6.37. The average molecular weight is 241 g/mol. The van der Waals surface area contributed by atoms with E-state index in [9.17, 15) is 4.79 Å². The van der Waals surface area contributed by atoms with Gasteiger partial charge in [0, 0.05) is 6.04 Å². The zero-order chi connectivity index (χ0) is 12.8. The number of carbonyl (C=O) groups excluding carboxylic acids is 1. The van der Waals surface area contributed by atoms with Gasteiger partial charge < -0.3 is 16.3 Å². The lowest BCUT2D eigenvalue weighted by Gasteiger charge is -2.32. The molecular weight excluding hydrogens is 218 g/mol. The molecule has 3 unspecified atom stereocenters. The van der Waals surface area contributed by atoms with Gasteiger partial charge in [-0.15, -0.1) is 0 Å². The molecule has 1 fully saturated rings. The number of rotatable bonds is 4. The zero-order valence-electron chi connectivity index (χ0n) is 10.6. The minimum Gasteiger partial charge on any atom is -0.409 e. The maximum absolute atomic E-state index is 11.9. The summed E-state index contributed by atoms with van der Waals surface area (Å²) >= 11 is 0. The van der Waals surface area contributed by atoms with Gasteiger partial charge in [-0.05, 0) is 25.7 Å². The van der Waals surface area contributed by atoms with E-state index in [1.165, 1.54) is 19.3 Å². The van der Waals surface area contributed by atoms with E-state index in [-0.39, 0.29) is 17.8 Å². The Balaban J connectivity index is 2.54. The van der Waals surface area contributed by atoms with Crippen LogP contribution in [0.25, 0.3) is 0 Å². The molecule has 0 saturated heterocycles. The van der Waals surface area contributed by atoms with E-state index >= 15 is 0 Å². The number of hydrogen-bond donors (Lipinski definition) is 3. The van der Waals surface area contributed by atoms with Gasteiger partial charge in [0.2, 0.25) is 5.91 Å². The molecule has 1 saturated carbocycles. The van der Waals surface area contributed by atoms with E-state index in [0.717, 1.165) is 12.8 Å². The van der Waals surface area contributed by atoms with E-state index in [1.54, 1.807) is 6.92 Å². The first-order chi connectivity index (χ1) is 8.10. The molecule has 1 amide bonds. The number of carbonyl (C=O) groups is 1. The lowest BCUT2D eigenvalue weighted by atomic mass is 9.82. The van der Waals surface area contributed by atoms with Crippen molar-refractivity contribution in [3.05, 3.63) is 0 Å². The number of nitrogens with zero attached hydrogens (tertiary/aromatic N) is 1. The summed E-state index contributed by atoms with van der Waals surface area (Å²) in [5.41, 5.74) is 5.43. The molecule has 5 heteroatoms. The lowest BCUT2D eigenvalue weighted by Crippen LogP contribution is -2.46. The first kappa shape index (κ1) is 13.8. The molecule has 4 N–H and O–H groups in total. The summed E-state index contributed by atoms with van der Waals surface area (Å²) < 4.78 is 0. The molecule has 98 valence electrons. The number of amidine groups is 1. The predicted molar refractivity (Wildman–Crippen MR) is 66.8 cm³/mol. The van der Waals surface area contributed by atoms with Crippen molar-refractivity contribution in [1.29, 1.82) is 0 Å². The van der Waals surface area contributed by atoms with Gasteiger partial charge in [-0.2, -0.15) is 0 Å². The van der Waals surface area contributed by atoms with Crippen molar-refractivity contribution >= 4 is 11.7 Å². The molecule has 3 atom stereocenters. The Hall–Kier alpha value is -1.26. The standard InChI is InChI=1S/C12H23N3O2/c1-3-9-6-4-5-7-10(9)14-12(16)8(2)11(13)15-17/h8-10,17H,3-7H2,1-2H3,(H2,13,15)(H,14,16). The number of nitrogens with two attached hydrogens (primary N) is 1. The highest BCUT2D eigenvalue weighted by Gasteiger charge is 2.27. The van der Waals surface area contributed by atoms with Crippen LogP contribution in [-0.4, -0.2) is 23.0 Å². The predicted octanol–water partition coefficient (Wildman–Crippen LogP) is 1.45. The van der Waals surface area contributed by atoms with Crippen LogP contribution in [0, 0.1) is 11.8 Å². The van der Waals surface area contributed by atoms with E-state index < -0.39 is 5.92 Å². The largest absolute Gasteiger partial charge is 0.409 e. The Morgan fingerprint density at radius 1 is 1.53 bits per heavy atom. The van der Waals surface area contributed by atoms with Gasteiger partial charge in [0.25, 0.3) is 0 Å². The number of nitrogens with one attached hydrogen (secondary N) is 1. The highest BCUT2D eigenvalue weighted by Crippen LogP contribution is 2.26. The third-order valence-electron chi connectivity index (χ3n) is 3.71. The van der Waals surface area contributed by atoms with E-state index in [0.29, 0.717) is 5.92 Å². The molecule has 17 heavy (non-hydrogen) atoms. The molecule has 1 rings (SSSR count). The summed E-state index contributed by atoms with van der Waals surface area (Å²) in [6.07, 6.45) is 5.72. The van der Waals surface area contributed by atoms with Gasteiger partial charge in [-0.1, -0.05) is 31.3 Å². The summed E-state index contributed by atoms with van der Waals surface area (Å²) in [5, 5.41) is 14.4. The maximum Gasteiger partial charge on any atom is 0.230 e. The SMILES string of the molecule is CCC1CCCCC1NC(=O)C(C)/C(N)=N/O. The number of amides is 1. The van der Waals surface area contributed by atoms with Crippen molar-refractivity contribution in [1.82, 2.24) is 5.32 Å². The normalized spacial score (nSPS) is 27.5. The van der Waals surface area contributed by atoms with Crippen LogP contribution >= 0.6 is 0 Å². The lowest BCUT2D eigenvalue weighted by molar-refractivity contribution is -0.124. The molecule has 0 radical (unpaired) electrons. The van der Waals surface area contributed by atoms with Crippen LogP contribution in [0.15, 0.2) is 5.16 Å². The van der Waals surface area contributed by atoms with Gasteiger partial charge in [0.1, 0.15) is 0 Å². The fraction of sp³-hybridized carbons (Fsp3) is 0.833. The highest BCUT2D eigenvalue weighted by molar-refractivity contribution is 6.01. The second-order valence-corrected chi connectivity index (χ2v) is 4.81. The molecule has 0 aromatic rings. The van der Waals surface area contributed by atoms with E-state index in [1.807, 2.05) is 0 Å².